The fourth-order valence-electron chi connectivity index (χ4n) is 2.11. The number of hydrogen-bond acceptors (Lipinski definition) is 3. The van der Waals surface area contributed by atoms with Crippen LogP contribution in [-0.4, -0.2) is 10.7 Å². The number of nitrogens with two attached hydrogens (primary N) is 1. The zero-order valence-electron chi connectivity index (χ0n) is 12.4. The zero-order chi connectivity index (χ0) is 15.2. The van der Waals surface area contributed by atoms with Crippen molar-refractivity contribution in [1.82, 2.24) is 4.98 Å². The summed E-state index contributed by atoms with van der Waals surface area (Å²) in [6.07, 6.45) is 2.86. The van der Waals surface area contributed by atoms with Crippen LogP contribution in [0.4, 0.5) is 0 Å². The van der Waals surface area contributed by atoms with Crippen molar-refractivity contribution >= 4 is 23.4 Å². The minimum absolute atomic E-state index is 0.0128. The van der Waals surface area contributed by atoms with Gasteiger partial charge in [-0.25, -0.2) is 4.98 Å². The van der Waals surface area contributed by atoms with Gasteiger partial charge in [-0.3, -0.25) is 0 Å². The minimum Gasteiger partial charge on any atom is -0.323 e. The Morgan fingerprint density at radius 2 is 1.90 bits per heavy atom. The third kappa shape index (κ3) is 5.03. The van der Waals surface area contributed by atoms with E-state index in [-0.39, 0.29) is 6.04 Å². The molecule has 0 saturated carbocycles. The quantitative estimate of drug-likeness (QED) is 0.782. The average Bonchev–Trinajstić information content (AvgIpc) is 2.46. The lowest BCUT2D eigenvalue weighted by Crippen LogP contribution is -2.13. The first-order chi connectivity index (χ1) is 10.1. The summed E-state index contributed by atoms with van der Waals surface area (Å²) in [6.45, 7) is 4.46. The summed E-state index contributed by atoms with van der Waals surface area (Å²) in [7, 11) is 0. The lowest BCUT2D eigenvalue weighted by Gasteiger charge is -2.13. The third-order valence-electron chi connectivity index (χ3n) is 3.18. The van der Waals surface area contributed by atoms with Gasteiger partial charge < -0.3 is 5.73 Å². The number of aromatic nitrogens is 1. The first kappa shape index (κ1) is 16.3. The highest BCUT2D eigenvalue weighted by Crippen LogP contribution is 2.27. The number of thioether (sulfide) groups is 1. The van der Waals surface area contributed by atoms with Crippen molar-refractivity contribution in [3.8, 4) is 0 Å². The molecule has 0 saturated heterocycles. The van der Waals surface area contributed by atoms with Crippen LogP contribution in [0.15, 0.2) is 47.6 Å². The van der Waals surface area contributed by atoms with E-state index in [1.54, 1.807) is 18.0 Å². The smallest absolute Gasteiger partial charge is 0.115 e. The van der Waals surface area contributed by atoms with Crippen LogP contribution in [0, 0.1) is 5.92 Å². The summed E-state index contributed by atoms with van der Waals surface area (Å²) < 4.78 is 0. The molecule has 2 aromatic rings. The first-order valence-corrected chi connectivity index (χ1v) is 8.50. The van der Waals surface area contributed by atoms with Gasteiger partial charge in [0.15, 0.2) is 0 Å². The fraction of sp³-hybridized carbons (Fsp3) is 0.353. The molecule has 0 radical (unpaired) electrons. The summed E-state index contributed by atoms with van der Waals surface area (Å²) in [5.41, 5.74) is 8.77. The molecule has 0 amide bonds. The highest BCUT2D eigenvalue weighted by molar-refractivity contribution is 7.99. The Labute approximate surface area is 136 Å². The molecular weight excluding hydrogens is 300 g/mol. The highest BCUT2D eigenvalue weighted by Gasteiger charge is 2.09. The van der Waals surface area contributed by atoms with Crippen LogP contribution in [0.25, 0.3) is 0 Å². The number of halogens is 1. The van der Waals surface area contributed by atoms with Gasteiger partial charge in [0.05, 0.1) is 5.02 Å². The minimum atomic E-state index is -0.0128. The third-order valence-corrected chi connectivity index (χ3v) is 4.72. The SMILES string of the molecule is CC(C)Cc1ccc(C(N)CSc2ncccc2Cl)cc1. The second-order valence-electron chi connectivity index (χ2n) is 5.55. The highest BCUT2D eigenvalue weighted by atomic mass is 35.5. The Morgan fingerprint density at radius 1 is 1.19 bits per heavy atom. The van der Waals surface area contributed by atoms with E-state index in [0.717, 1.165) is 22.8 Å². The van der Waals surface area contributed by atoms with E-state index >= 15 is 0 Å². The Bertz CT molecular complexity index is 569. The molecule has 1 heterocycles. The van der Waals surface area contributed by atoms with E-state index in [1.807, 2.05) is 12.1 Å². The van der Waals surface area contributed by atoms with Crippen LogP contribution in [0.1, 0.15) is 31.0 Å². The van der Waals surface area contributed by atoms with E-state index in [1.165, 1.54) is 5.56 Å². The lowest BCUT2D eigenvalue weighted by molar-refractivity contribution is 0.647. The Morgan fingerprint density at radius 3 is 2.52 bits per heavy atom. The molecule has 0 aliphatic carbocycles. The second-order valence-corrected chi connectivity index (χ2v) is 6.96. The number of benzene rings is 1. The van der Waals surface area contributed by atoms with Gasteiger partial charge in [-0.05, 0) is 35.6 Å². The van der Waals surface area contributed by atoms with Crippen LogP contribution >= 0.6 is 23.4 Å². The average molecular weight is 321 g/mol. The topological polar surface area (TPSA) is 38.9 Å². The van der Waals surface area contributed by atoms with Gasteiger partial charge in [-0.1, -0.05) is 49.7 Å². The molecular formula is C17H21ClN2S. The molecule has 0 aliphatic heterocycles. The maximum Gasteiger partial charge on any atom is 0.115 e. The summed E-state index contributed by atoms with van der Waals surface area (Å²) in [5.74, 6) is 1.44. The Balaban J connectivity index is 1.94. The van der Waals surface area contributed by atoms with Crippen molar-refractivity contribution in [2.45, 2.75) is 31.3 Å². The normalized spacial score (nSPS) is 12.6. The van der Waals surface area contributed by atoms with Crippen LogP contribution < -0.4 is 5.73 Å². The van der Waals surface area contributed by atoms with Crippen LogP contribution in [0.3, 0.4) is 0 Å². The molecule has 112 valence electrons. The van der Waals surface area contributed by atoms with Gasteiger partial charge in [0.25, 0.3) is 0 Å². The zero-order valence-corrected chi connectivity index (χ0v) is 14.0. The molecule has 2 N–H and O–H groups in total. The standard InChI is InChI=1S/C17H21ClN2S/c1-12(2)10-13-5-7-14(8-6-13)16(19)11-21-17-15(18)4-3-9-20-17/h3-9,12,16H,10-11,19H2,1-2H3. The molecule has 0 spiro atoms. The van der Waals surface area contributed by atoms with Crippen molar-refractivity contribution in [3.05, 3.63) is 58.7 Å². The van der Waals surface area contributed by atoms with Crippen molar-refractivity contribution < 1.29 is 0 Å². The van der Waals surface area contributed by atoms with Gasteiger partial charge in [-0.15, -0.1) is 11.8 Å². The molecule has 2 rings (SSSR count). The van der Waals surface area contributed by atoms with E-state index in [2.05, 4.69) is 43.1 Å². The molecule has 4 heteroatoms. The number of nitrogens with zero attached hydrogens (tertiary/aromatic N) is 1. The molecule has 1 aromatic heterocycles. The van der Waals surface area contributed by atoms with Crippen molar-refractivity contribution in [2.24, 2.45) is 11.7 Å². The molecule has 1 atom stereocenters. The predicted octanol–water partition coefficient (Wildman–Crippen LogP) is 4.73. The maximum atomic E-state index is 6.25. The summed E-state index contributed by atoms with van der Waals surface area (Å²) in [6, 6.07) is 12.3. The summed E-state index contributed by atoms with van der Waals surface area (Å²) in [4.78, 5) is 4.27. The monoisotopic (exact) mass is 320 g/mol. The van der Waals surface area contributed by atoms with E-state index < -0.39 is 0 Å². The number of rotatable bonds is 6. The molecule has 0 aliphatic rings. The van der Waals surface area contributed by atoms with E-state index in [9.17, 15) is 0 Å². The Hall–Kier alpha value is -1.03. The van der Waals surface area contributed by atoms with Crippen LogP contribution in [0.5, 0.6) is 0 Å². The van der Waals surface area contributed by atoms with Crippen molar-refractivity contribution in [3.63, 3.8) is 0 Å². The Kier molecular flexibility index (Phi) is 6.09. The molecule has 1 aromatic carbocycles. The first-order valence-electron chi connectivity index (χ1n) is 7.14. The van der Waals surface area contributed by atoms with Gasteiger partial charge in [0, 0.05) is 18.0 Å². The molecule has 21 heavy (non-hydrogen) atoms. The van der Waals surface area contributed by atoms with Crippen molar-refractivity contribution in [2.75, 3.05) is 5.75 Å². The van der Waals surface area contributed by atoms with Crippen LogP contribution in [-0.2, 0) is 6.42 Å². The van der Waals surface area contributed by atoms with E-state index in [0.29, 0.717) is 10.9 Å². The van der Waals surface area contributed by atoms with Gasteiger partial charge in [0.1, 0.15) is 5.03 Å². The second kappa shape index (κ2) is 7.83. The van der Waals surface area contributed by atoms with E-state index in [4.69, 9.17) is 17.3 Å². The van der Waals surface area contributed by atoms with Crippen LogP contribution in [0.2, 0.25) is 5.02 Å². The largest absolute Gasteiger partial charge is 0.323 e. The maximum absolute atomic E-state index is 6.25. The summed E-state index contributed by atoms with van der Waals surface area (Å²) >= 11 is 7.70. The summed E-state index contributed by atoms with van der Waals surface area (Å²) in [5, 5.41) is 1.52. The van der Waals surface area contributed by atoms with Gasteiger partial charge >= 0.3 is 0 Å². The lowest BCUT2D eigenvalue weighted by atomic mass is 10.0. The fourth-order valence-corrected chi connectivity index (χ4v) is 3.27. The number of pyridine rings is 1. The molecule has 0 fully saturated rings. The molecule has 2 nitrogen and oxygen atoms in total. The van der Waals surface area contributed by atoms with Gasteiger partial charge in [0.2, 0.25) is 0 Å². The van der Waals surface area contributed by atoms with Crippen molar-refractivity contribution in [1.29, 1.82) is 0 Å². The predicted molar refractivity (Wildman–Crippen MR) is 91.9 cm³/mol. The molecule has 0 bridgehead atoms. The molecule has 1 unspecified atom stereocenters. The van der Waals surface area contributed by atoms with Gasteiger partial charge in [-0.2, -0.15) is 0 Å². The number of hydrogen-bond donors (Lipinski definition) is 1.